The van der Waals surface area contributed by atoms with E-state index in [1.807, 2.05) is 0 Å². The topological polar surface area (TPSA) is 122 Å². The van der Waals surface area contributed by atoms with Crippen molar-refractivity contribution in [1.82, 2.24) is 5.32 Å². The Morgan fingerprint density at radius 2 is 1.87 bits per heavy atom. The summed E-state index contributed by atoms with van der Waals surface area (Å²) >= 11 is 0. The Morgan fingerprint density at radius 1 is 1.33 bits per heavy atom. The van der Waals surface area contributed by atoms with Gasteiger partial charge < -0.3 is 11.1 Å². The average molecular weight is 228 g/mol. The van der Waals surface area contributed by atoms with E-state index in [-0.39, 0.29) is 10.9 Å². The molecule has 15 heavy (non-hydrogen) atoms. The van der Waals surface area contributed by atoms with E-state index >= 15 is 0 Å². The second-order valence-electron chi connectivity index (χ2n) is 2.96. The Balaban J connectivity index is 2.77. The molecule has 0 aliphatic rings. The van der Waals surface area contributed by atoms with Crippen molar-refractivity contribution in [3.63, 3.8) is 0 Å². The molecule has 7 heteroatoms. The molecule has 0 radical (unpaired) electrons. The smallest absolute Gasteiger partial charge is 0.238 e. The van der Waals surface area contributed by atoms with Crippen LogP contribution in [0.15, 0.2) is 29.2 Å². The van der Waals surface area contributed by atoms with Crippen LogP contribution in [0.5, 0.6) is 0 Å². The summed E-state index contributed by atoms with van der Waals surface area (Å²) in [7, 11) is -3.64. The van der Waals surface area contributed by atoms with E-state index in [0.29, 0.717) is 6.54 Å². The number of guanidine groups is 1. The number of sulfonamides is 1. The first-order valence-corrected chi connectivity index (χ1v) is 5.64. The van der Waals surface area contributed by atoms with Gasteiger partial charge in [-0.15, -0.1) is 0 Å². The fourth-order valence-corrected chi connectivity index (χ4v) is 1.51. The van der Waals surface area contributed by atoms with E-state index in [1.54, 1.807) is 12.1 Å². The highest BCUT2D eigenvalue weighted by Gasteiger charge is 2.06. The molecule has 1 rings (SSSR count). The summed E-state index contributed by atoms with van der Waals surface area (Å²) in [5.74, 6) is -0.134. The molecule has 0 aliphatic heterocycles. The second-order valence-corrected chi connectivity index (χ2v) is 4.52. The molecular formula is C8H12N4O2S. The zero-order chi connectivity index (χ0) is 11.5. The van der Waals surface area contributed by atoms with E-state index in [1.165, 1.54) is 12.1 Å². The molecule has 82 valence electrons. The maximum atomic E-state index is 10.9. The number of hydrogen-bond acceptors (Lipinski definition) is 3. The van der Waals surface area contributed by atoms with Gasteiger partial charge in [-0.1, -0.05) is 12.1 Å². The largest absolute Gasteiger partial charge is 0.370 e. The molecule has 0 unspecified atom stereocenters. The molecule has 1 aromatic carbocycles. The third kappa shape index (κ3) is 3.56. The third-order valence-electron chi connectivity index (χ3n) is 1.73. The summed E-state index contributed by atoms with van der Waals surface area (Å²) in [5, 5.41) is 14.5. The Kier molecular flexibility index (Phi) is 3.28. The van der Waals surface area contributed by atoms with Gasteiger partial charge in [0.05, 0.1) is 4.90 Å². The van der Waals surface area contributed by atoms with Crippen LogP contribution in [0.1, 0.15) is 5.56 Å². The third-order valence-corrected chi connectivity index (χ3v) is 2.66. The van der Waals surface area contributed by atoms with Crippen molar-refractivity contribution in [2.24, 2.45) is 10.9 Å². The average Bonchev–Trinajstić information content (AvgIpc) is 2.14. The minimum Gasteiger partial charge on any atom is -0.370 e. The minimum atomic E-state index is -3.64. The van der Waals surface area contributed by atoms with E-state index in [0.717, 1.165) is 5.56 Å². The maximum Gasteiger partial charge on any atom is 0.238 e. The Morgan fingerprint density at radius 3 is 2.27 bits per heavy atom. The van der Waals surface area contributed by atoms with E-state index in [2.05, 4.69) is 5.32 Å². The van der Waals surface area contributed by atoms with Crippen LogP contribution in [0.25, 0.3) is 0 Å². The van der Waals surface area contributed by atoms with Crippen LogP contribution in [0.4, 0.5) is 0 Å². The van der Waals surface area contributed by atoms with Gasteiger partial charge in [-0.05, 0) is 17.7 Å². The molecule has 0 amide bonds. The van der Waals surface area contributed by atoms with Crippen molar-refractivity contribution < 1.29 is 8.42 Å². The fraction of sp³-hybridized carbons (Fsp3) is 0.125. The number of rotatable bonds is 3. The lowest BCUT2D eigenvalue weighted by Gasteiger charge is -2.04. The van der Waals surface area contributed by atoms with Crippen LogP contribution in [0, 0.1) is 5.41 Å². The summed E-state index contributed by atoms with van der Waals surface area (Å²) < 4.78 is 21.8. The molecule has 0 saturated heterocycles. The number of nitrogens with two attached hydrogens (primary N) is 2. The molecule has 0 spiro atoms. The number of hydrogen-bond donors (Lipinski definition) is 4. The molecule has 0 bridgehead atoms. The Hall–Kier alpha value is -1.60. The van der Waals surface area contributed by atoms with Gasteiger partial charge in [0.25, 0.3) is 0 Å². The molecule has 0 heterocycles. The highest BCUT2D eigenvalue weighted by molar-refractivity contribution is 7.89. The van der Waals surface area contributed by atoms with Crippen LogP contribution in [0.3, 0.4) is 0 Å². The van der Waals surface area contributed by atoms with Gasteiger partial charge in [0.2, 0.25) is 10.0 Å². The molecule has 0 saturated carbocycles. The summed E-state index contributed by atoms with van der Waals surface area (Å²) in [5.41, 5.74) is 5.91. The van der Waals surface area contributed by atoms with E-state index < -0.39 is 10.0 Å². The van der Waals surface area contributed by atoms with Gasteiger partial charge in [-0.25, -0.2) is 13.6 Å². The highest BCUT2D eigenvalue weighted by Crippen LogP contribution is 2.08. The predicted octanol–water partition coefficient (Wildman–Crippen LogP) is -0.683. The van der Waals surface area contributed by atoms with Crippen LogP contribution in [-0.4, -0.2) is 14.4 Å². The van der Waals surface area contributed by atoms with Crippen molar-refractivity contribution in [2.45, 2.75) is 11.4 Å². The van der Waals surface area contributed by atoms with Crippen LogP contribution < -0.4 is 16.2 Å². The van der Waals surface area contributed by atoms with Gasteiger partial charge in [-0.2, -0.15) is 0 Å². The number of nitrogens with one attached hydrogen (secondary N) is 2. The Labute approximate surface area is 87.8 Å². The number of benzene rings is 1. The summed E-state index contributed by atoms with van der Waals surface area (Å²) in [6.07, 6.45) is 0. The molecule has 0 atom stereocenters. The molecule has 6 N–H and O–H groups in total. The predicted molar refractivity (Wildman–Crippen MR) is 56.6 cm³/mol. The lowest BCUT2D eigenvalue weighted by Crippen LogP contribution is -2.29. The van der Waals surface area contributed by atoms with Crippen molar-refractivity contribution in [3.8, 4) is 0 Å². The molecular weight excluding hydrogens is 216 g/mol. The van der Waals surface area contributed by atoms with Crippen molar-refractivity contribution in [1.29, 1.82) is 5.41 Å². The second kappa shape index (κ2) is 4.28. The molecule has 0 aliphatic carbocycles. The van der Waals surface area contributed by atoms with Gasteiger partial charge in [0, 0.05) is 6.54 Å². The molecule has 1 aromatic rings. The van der Waals surface area contributed by atoms with Crippen molar-refractivity contribution >= 4 is 16.0 Å². The maximum absolute atomic E-state index is 10.9. The summed E-state index contributed by atoms with van der Waals surface area (Å²) in [6.45, 7) is 0.375. The Bertz CT molecular complexity index is 452. The summed E-state index contributed by atoms with van der Waals surface area (Å²) in [6, 6.07) is 6.03. The highest BCUT2D eigenvalue weighted by atomic mass is 32.2. The zero-order valence-corrected chi connectivity index (χ0v) is 8.71. The summed E-state index contributed by atoms with van der Waals surface area (Å²) in [4.78, 5) is 0.0640. The minimum absolute atomic E-state index is 0.0640. The zero-order valence-electron chi connectivity index (χ0n) is 7.90. The number of primary sulfonamides is 1. The molecule has 0 aromatic heterocycles. The fourth-order valence-electron chi connectivity index (χ4n) is 0.994. The first-order chi connectivity index (χ1) is 6.89. The normalized spacial score (nSPS) is 11.0. The van der Waals surface area contributed by atoms with Crippen molar-refractivity contribution in [2.75, 3.05) is 0 Å². The standard InChI is InChI=1S/C8H12N4O2S/c9-8(10)12-5-6-1-3-7(4-2-6)15(11,13)14/h1-4H,5H2,(H4,9,10,12)(H2,11,13,14). The van der Waals surface area contributed by atoms with Gasteiger partial charge in [0.1, 0.15) is 0 Å². The van der Waals surface area contributed by atoms with E-state index in [9.17, 15) is 8.42 Å². The van der Waals surface area contributed by atoms with Crippen LogP contribution in [0.2, 0.25) is 0 Å². The molecule has 6 nitrogen and oxygen atoms in total. The van der Waals surface area contributed by atoms with Gasteiger partial charge in [0.15, 0.2) is 5.96 Å². The van der Waals surface area contributed by atoms with E-state index in [4.69, 9.17) is 16.3 Å². The first-order valence-electron chi connectivity index (χ1n) is 4.09. The van der Waals surface area contributed by atoms with Crippen LogP contribution in [-0.2, 0) is 16.6 Å². The first kappa shape index (κ1) is 11.5. The SMILES string of the molecule is N=C(N)NCc1ccc(S(N)(=O)=O)cc1. The van der Waals surface area contributed by atoms with Gasteiger partial charge >= 0.3 is 0 Å². The van der Waals surface area contributed by atoms with Gasteiger partial charge in [-0.3, -0.25) is 5.41 Å². The quantitative estimate of drug-likeness (QED) is 0.404. The van der Waals surface area contributed by atoms with Crippen LogP contribution >= 0.6 is 0 Å². The molecule has 0 fully saturated rings. The lowest BCUT2D eigenvalue weighted by atomic mass is 10.2. The lowest BCUT2D eigenvalue weighted by molar-refractivity contribution is 0.597. The monoisotopic (exact) mass is 228 g/mol. The van der Waals surface area contributed by atoms with Crippen molar-refractivity contribution in [3.05, 3.63) is 29.8 Å².